The Kier molecular flexibility index (Phi) is 5.38. The zero-order chi connectivity index (χ0) is 19.3. The first-order valence-corrected chi connectivity index (χ1v) is 9.21. The molecular formula is C20H22N4O4. The molecule has 1 aliphatic carbocycles. The maximum Gasteiger partial charge on any atom is 0.336 e. The van der Waals surface area contributed by atoms with Crippen LogP contribution in [0.3, 0.4) is 0 Å². The van der Waals surface area contributed by atoms with Gasteiger partial charge in [0.1, 0.15) is 12.4 Å². The van der Waals surface area contributed by atoms with Crippen molar-refractivity contribution in [2.24, 2.45) is 5.92 Å². The topological polar surface area (TPSA) is 91.5 Å². The van der Waals surface area contributed by atoms with Gasteiger partial charge in [0.2, 0.25) is 5.88 Å². The maximum absolute atomic E-state index is 8.88. The number of pyridine rings is 1. The Hall–Kier alpha value is -3.13. The van der Waals surface area contributed by atoms with Crippen molar-refractivity contribution >= 4 is 0 Å². The summed E-state index contributed by atoms with van der Waals surface area (Å²) in [6, 6.07) is 11.5. The van der Waals surface area contributed by atoms with Gasteiger partial charge in [-0.3, -0.25) is 0 Å². The van der Waals surface area contributed by atoms with Crippen molar-refractivity contribution in [3.63, 3.8) is 0 Å². The molecule has 1 saturated carbocycles. The molecule has 1 fully saturated rings. The largest absolute Gasteiger partial charge is 0.491 e. The Morgan fingerprint density at radius 1 is 1.11 bits per heavy atom. The Morgan fingerprint density at radius 3 is 2.57 bits per heavy atom. The Labute approximate surface area is 162 Å². The van der Waals surface area contributed by atoms with Crippen LogP contribution in [0.15, 0.2) is 42.6 Å². The van der Waals surface area contributed by atoms with Crippen molar-refractivity contribution in [3.05, 3.63) is 42.6 Å². The molecule has 2 aromatic heterocycles. The zero-order valence-electron chi connectivity index (χ0n) is 15.6. The first-order valence-electron chi connectivity index (χ1n) is 9.21. The van der Waals surface area contributed by atoms with E-state index in [1.165, 1.54) is 12.8 Å². The molecule has 0 bridgehead atoms. The SMILES string of the molecule is COc1ccc(-n2nc(OCC3CC3)nc2-c2ccc(OCCO)cc2)cn1. The van der Waals surface area contributed by atoms with E-state index in [4.69, 9.17) is 19.3 Å². The van der Waals surface area contributed by atoms with E-state index >= 15 is 0 Å². The predicted molar refractivity (Wildman–Crippen MR) is 102 cm³/mol. The van der Waals surface area contributed by atoms with Gasteiger partial charge < -0.3 is 19.3 Å². The molecule has 1 aliphatic rings. The highest BCUT2D eigenvalue weighted by molar-refractivity contribution is 5.59. The summed E-state index contributed by atoms with van der Waals surface area (Å²) in [5.74, 6) is 2.47. The molecule has 0 unspecified atom stereocenters. The molecule has 0 aliphatic heterocycles. The Balaban J connectivity index is 1.64. The van der Waals surface area contributed by atoms with Crippen molar-refractivity contribution < 1.29 is 19.3 Å². The van der Waals surface area contributed by atoms with Gasteiger partial charge in [-0.25, -0.2) is 9.67 Å². The van der Waals surface area contributed by atoms with Gasteiger partial charge in [0.05, 0.1) is 32.2 Å². The van der Waals surface area contributed by atoms with Crippen LogP contribution in [0.4, 0.5) is 0 Å². The Bertz CT molecular complexity index is 905. The monoisotopic (exact) mass is 382 g/mol. The molecule has 146 valence electrons. The molecular weight excluding hydrogens is 360 g/mol. The molecule has 28 heavy (non-hydrogen) atoms. The van der Waals surface area contributed by atoms with Crippen LogP contribution >= 0.6 is 0 Å². The molecule has 4 rings (SSSR count). The molecule has 1 N–H and O–H groups in total. The lowest BCUT2D eigenvalue weighted by Crippen LogP contribution is -2.03. The molecule has 8 nitrogen and oxygen atoms in total. The lowest BCUT2D eigenvalue weighted by atomic mass is 10.2. The highest BCUT2D eigenvalue weighted by Gasteiger charge is 2.23. The van der Waals surface area contributed by atoms with E-state index in [1.807, 2.05) is 30.3 Å². The molecule has 0 spiro atoms. The van der Waals surface area contributed by atoms with Crippen LogP contribution in [-0.2, 0) is 0 Å². The molecule has 3 aromatic rings. The fraction of sp³-hybridized carbons (Fsp3) is 0.350. The number of methoxy groups -OCH3 is 1. The van der Waals surface area contributed by atoms with E-state index in [-0.39, 0.29) is 13.2 Å². The van der Waals surface area contributed by atoms with Crippen molar-refractivity contribution in [2.75, 3.05) is 26.9 Å². The minimum absolute atomic E-state index is 0.0256. The third-order valence-corrected chi connectivity index (χ3v) is 4.38. The molecule has 8 heteroatoms. The number of nitrogens with zero attached hydrogens (tertiary/aromatic N) is 4. The first-order chi connectivity index (χ1) is 13.8. The fourth-order valence-corrected chi connectivity index (χ4v) is 2.68. The van der Waals surface area contributed by atoms with Crippen LogP contribution < -0.4 is 14.2 Å². The molecule has 0 radical (unpaired) electrons. The van der Waals surface area contributed by atoms with Gasteiger partial charge in [-0.1, -0.05) is 0 Å². The van der Waals surface area contributed by atoms with Gasteiger partial charge in [-0.2, -0.15) is 4.98 Å². The number of aromatic nitrogens is 4. The summed E-state index contributed by atoms with van der Waals surface area (Å²) in [6.07, 6.45) is 4.08. The van der Waals surface area contributed by atoms with Crippen LogP contribution in [0.1, 0.15) is 12.8 Å². The van der Waals surface area contributed by atoms with Gasteiger partial charge in [0.15, 0.2) is 5.82 Å². The van der Waals surface area contributed by atoms with E-state index in [0.29, 0.717) is 36.0 Å². The first kappa shape index (κ1) is 18.2. The smallest absolute Gasteiger partial charge is 0.336 e. The van der Waals surface area contributed by atoms with Crippen molar-refractivity contribution in [1.29, 1.82) is 0 Å². The summed E-state index contributed by atoms with van der Waals surface area (Å²) < 4.78 is 18.0. The van der Waals surface area contributed by atoms with Crippen molar-refractivity contribution in [3.8, 4) is 34.7 Å². The quantitative estimate of drug-likeness (QED) is 0.608. The number of aliphatic hydroxyl groups excluding tert-OH is 1. The third-order valence-electron chi connectivity index (χ3n) is 4.38. The van der Waals surface area contributed by atoms with Gasteiger partial charge in [-0.05, 0) is 49.1 Å². The standard InChI is InChI=1S/C20H22N4O4/c1-26-18-9-6-16(12-21-18)24-19(22-20(23-24)28-13-14-2-3-14)15-4-7-17(8-5-15)27-11-10-25/h4-9,12,14,25H,2-3,10-11,13H2,1H3. The highest BCUT2D eigenvalue weighted by Crippen LogP contribution is 2.30. The zero-order valence-corrected chi connectivity index (χ0v) is 15.6. The highest BCUT2D eigenvalue weighted by atomic mass is 16.5. The summed E-state index contributed by atoms with van der Waals surface area (Å²) in [6.45, 7) is 0.868. The molecule has 0 amide bonds. The number of hydrogen-bond acceptors (Lipinski definition) is 7. The second kappa shape index (κ2) is 8.26. The van der Waals surface area contributed by atoms with E-state index in [2.05, 4.69) is 15.1 Å². The van der Waals surface area contributed by atoms with Crippen LogP contribution in [-0.4, -0.2) is 51.8 Å². The average Bonchev–Trinajstić information content (AvgIpc) is 3.48. The van der Waals surface area contributed by atoms with Crippen LogP contribution in [0.5, 0.6) is 17.6 Å². The van der Waals surface area contributed by atoms with E-state index in [9.17, 15) is 0 Å². The third kappa shape index (κ3) is 4.23. The molecule has 0 saturated heterocycles. The van der Waals surface area contributed by atoms with Crippen LogP contribution in [0.25, 0.3) is 17.1 Å². The van der Waals surface area contributed by atoms with E-state index in [0.717, 1.165) is 11.3 Å². The minimum atomic E-state index is -0.0256. The van der Waals surface area contributed by atoms with Gasteiger partial charge >= 0.3 is 6.01 Å². The van der Waals surface area contributed by atoms with Crippen LogP contribution in [0.2, 0.25) is 0 Å². The number of hydrogen-bond donors (Lipinski definition) is 1. The van der Waals surface area contributed by atoms with Crippen molar-refractivity contribution in [2.45, 2.75) is 12.8 Å². The van der Waals surface area contributed by atoms with E-state index < -0.39 is 0 Å². The van der Waals surface area contributed by atoms with Gasteiger partial charge in [0, 0.05) is 11.6 Å². The number of ether oxygens (including phenoxy) is 3. The van der Waals surface area contributed by atoms with E-state index in [1.54, 1.807) is 24.1 Å². The number of aliphatic hydroxyl groups is 1. The minimum Gasteiger partial charge on any atom is -0.491 e. The maximum atomic E-state index is 8.88. The lowest BCUT2D eigenvalue weighted by molar-refractivity contribution is 0.201. The molecule has 0 atom stereocenters. The summed E-state index contributed by atoms with van der Waals surface area (Å²) >= 11 is 0. The second-order valence-electron chi connectivity index (χ2n) is 6.54. The predicted octanol–water partition coefficient (Wildman–Crippen LogP) is 2.50. The summed E-state index contributed by atoms with van der Waals surface area (Å²) in [7, 11) is 1.58. The Morgan fingerprint density at radius 2 is 1.93 bits per heavy atom. The molecule has 2 heterocycles. The lowest BCUT2D eigenvalue weighted by Gasteiger charge is -2.07. The van der Waals surface area contributed by atoms with Gasteiger partial charge in [-0.15, -0.1) is 5.10 Å². The average molecular weight is 382 g/mol. The summed E-state index contributed by atoms with van der Waals surface area (Å²) in [5, 5.41) is 13.4. The fourth-order valence-electron chi connectivity index (χ4n) is 2.68. The normalized spacial score (nSPS) is 13.4. The summed E-state index contributed by atoms with van der Waals surface area (Å²) in [4.78, 5) is 8.84. The summed E-state index contributed by atoms with van der Waals surface area (Å²) in [5.41, 5.74) is 1.62. The molecule has 1 aromatic carbocycles. The van der Waals surface area contributed by atoms with Crippen LogP contribution in [0, 0.1) is 5.92 Å². The number of rotatable bonds is 9. The van der Waals surface area contributed by atoms with Gasteiger partial charge in [0.25, 0.3) is 0 Å². The number of benzene rings is 1. The van der Waals surface area contributed by atoms with Crippen molar-refractivity contribution in [1.82, 2.24) is 19.7 Å². The second-order valence-corrected chi connectivity index (χ2v) is 6.54.